The zero-order valence-corrected chi connectivity index (χ0v) is 10.3. The molecule has 0 fully saturated rings. The van der Waals surface area contributed by atoms with Gasteiger partial charge in [-0.1, -0.05) is 31.2 Å². The monoisotopic (exact) mass is 220 g/mol. The van der Waals surface area contributed by atoms with Crippen LogP contribution in [0.15, 0.2) is 24.3 Å². The predicted octanol–water partition coefficient (Wildman–Crippen LogP) is 2.06. The van der Waals surface area contributed by atoms with Crippen molar-refractivity contribution in [3.8, 4) is 0 Å². The van der Waals surface area contributed by atoms with E-state index in [4.69, 9.17) is 0 Å². The van der Waals surface area contributed by atoms with Gasteiger partial charge in [0.05, 0.1) is 0 Å². The quantitative estimate of drug-likeness (QED) is 0.827. The first-order chi connectivity index (χ1) is 7.67. The van der Waals surface area contributed by atoms with Gasteiger partial charge in [-0.3, -0.25) is 0 Å². The Morgan fingerprint density at radius 2 is 1.81 bits per heavy atom. The van der Waals surface area contributed by atoms with Crippen molar-refractivity contribution in [3.05, 3.63) is 35.4 Å². The summed E-state index contributed by atoms with van der Waals surface area (Å²) in [6.07, 6.45) is 1.96. The van der Waals surface area contributed by atoms with Gasteiger partial charge in [-0.2, -0.15) is 0 Å². The van der Waals surface area contributed by atoms with Crippen molar-refractivity contribution in [2.24, 2.45) is 0 Å². The van der Waals surface area contributed by atoms with Crippen molar-refractivity contribution in [2.45, 2.75) is 19.8 Å². The highest BCUT2D eigenvalue weighted by Crippen LogP contribution is 2.06. The lowest BCUT2D eigenvalue weighted by Gasteiger charge is -2.16. The summed E-state index contributed by atoms with van der Waals surface area (Å²) in [5.74, 6) is 0. The number of aryl methyl sites for hydroxylation is 1. The summed E-state index contributed by atoms with van der Waals surface area (Å²) >= 11 is 0. The van der Waals surface area contributed by atoms with Crippen LogP contribution in [0, 0.1) is 0 Å². The Hall–Kier alpha value is -1.51. The Bertz CT molecular complexity index is 332. The van der Waals surface area contributed by atoms with Gasteiger partial charge in [0.25, 0.3) is 0 Å². The maximum atomic E-state index is 11.2. The van der Waals surface area contributed by atoms with E-state index < -0.39 is 0 Å². The second-order valence-electron chi connectivity index (χ2n) is 3.90. The zero-order valence-electron chi connectivity index (χ0n) is 10.3. The first kappa shape index (κ1) is 12.6. The number of urea groups is 1. The van der Waals surface area contributed by atoms with Crippen LogP contribution < -0.4 is 5.32 Å². The molecule has 0 unspecified atom stereocenters. The van der Waals surface area contributed by atoms with Crippen LogP contribution in [0.2, 0.25) is 0 Å². The minimum Gasteiger partial charge on any atom is -0.341 e. The summed E-state index contributed by atoms with van der Waals surface area (Å²) in [4.78, 5) is 12.9. The van der Waals surface area contributed by atoms with E-state index in [2.05, 4.69) is 36.5 Å². The van der Waals surface area contributed by atoms with Gasteiger partial charge < -0.3 is 10.2 Å². The van der Waals surface area contributed by atoms with Crippen molar-refractivity contribution in [1.82, 2.24) is 10.2 Å². The van der Waals surface area contributed by atoms with Crippen LogP contribution in [-0.4, -0.2) is 31.6 Å². The first-order valence-electron chi connectivity index (χ1n) is 5.68. The van der Waals surface area contributed by atoms with Gasteiger partial charge in [-0.25, -0.2) is 4.79 Å². The molecule has 0 spiro atoms. The van der Waals surface area contributed by atoms with Crippen molar-refractivity contribution >= 4 is 6.03 Å². The van der Waals surface area contributed by atoms with Crippen LogP contribution >= 0.6 is 0 Å². The maximum absolute atomic E-state index is 11.2. The number of carbonyl (C=O) groups excluding carboxylic acids is 1. The topological polar surface area (TPSA) is 32.3 Å². The number of carbonyl (C=O) groups is 1. The molecule has 0 saturated carbocycles. The van der Waals surface area contributed by atoms with Crippen LogP contribution in [0.1, 0.15) is 18.1 Å². The fraction of sp³-hybridized carbons (Fsp3) is 0.462. The number of nitrogens with one attached hydrogen (secondary N) is 1. The molecule has 0 atom stereocenters. The van der Waals surface area contributed by atoms with Crippen LogP contribution in [0.4, 0.5) is 4.79 Å². The number of rotatable bonds is 4. The fourth-order valence-electron chi connectivity index (χ4n) is 1.53. The molecule has 0 aliphatic heterocycles. The van der Waals surface area contributed by atoms with Crippen LogP contribution in [0.5, 0.6) is 0 Å². The van der Waals surface area contributed by atoms with Crippen molar-refractivity contribution in [2.75, 3.05) is 20.6 Å². The smallest absolute Gasteiger partial charge is 0.316 e. The second kappa shape index (κ2) is 6.16. The van der Waals surface area contributed by atoms with Gasteiger partial charge in [0.2, 0.25) is 0 Å². The summed E-state index contributed by atoms with van der Waals surface area (Å²) in [6.45, 7) is 2.89. The van der Waals surface area contributed by atoms with Crippen molar-refractivity contribution < 1.29 is 4.79 Å². The standard InChI is InChI=1S/C13H20N2O/c1-4-11-5-7-12(8-6-11)9-10-15(3)13(16)14-2/h5-8H,4,9-10H2,1-3H3,(H,14,16). The molecular formula is C13H20N2O. The maximum Gasteiger partial charge on any atom is 0.316 e. The predicted molar refractivity (Wildman–Crippen MR) is 66.6 cm³/mol. The normalized spacial score (nSPS) is 9.94. The van der Waals surface area contributed by atoms with Gasteiger partial charge in [0.1, 0.15) is 0 Å². The molecule has 1 N–H and O–H groups in total. The average Bonchev–Trinajstić information content (AvgIpc) is 2.35. The SMILES string of the molecule is CCc1ccc(CCN(C)C(=O)NC)cc1. The lowest BCUT2D eigenvalue weighted by molar-refractivity contribution is 0.211. The Balaban J connectivity index is 2.45. The fourth-order valence-corrected chi connectivity index (χ4v) is 1.53. The van der Waals surface area contributed by atoms with Gasteiger partial charge in [0, 0.05) is 20.6 Å². The van der Waals surface area contributed by atoms with Crippen LogP contribution in [-0.2, 0) is 12.8 Å². The third-order valence-corrected chi connectivity index (χ3v) is 2.73. The summed E-state index contributed by atoms with van der Waals surface area (Å²) in [7, 11) is 3.45. The van der Waals surface area contributed by atoms with E-state index in [-0.39, 0.29) is 6.03 Å². The highest BCUT2D eigenvalue weighted by Gasteiger charge is 2.04. The van der Waals surface area contributed by atoms with Crippen molar-refractivity contribution in [3.63, 3.8) is 0 Å². The third-order valence-electron chi connectivity index (χ3n) is 2.73. The molecule has 0 saturated heterocycles. The lowest BCUT2D eigenvalue weighted by Crippen LogP contribution is -2.36. The van der Waals surface area contributed by atoms with Gasteiger partial charge >= 0.3 is 6.03 Å². The number of likely N-dealkylation sites (N-methyl/N-ethyl adjacent to an activating group) is 1. The number of benzene rings is 1. The average molecular weight is 220 g/mol. The molecule has 1 rings (SSSR count). The molecule has 1 aromatic rings. The summed E-state index contributed by atoms with van der Waals surface area (Å²) in [5, 5.41) is 2.61. The van der Waals surface area contributed by atoms with E-state index in [9.17, 15) is 4.79 Å². The Kier molecular flexibility index (Phi) is 4.83. The molecule has 88 valence electrons. The Morgan fingerprint density at radius 1 is 1.25 bits per heavy atom. The van der Waals surface area contributed by atoms with E-state index in [1.807, 2.05) is 0 Å². The number of hydrogen-bond donors (Lipinski definition) is 1. The molecule has 2 amide bonds. The molecule has 0 aliphatic carbocycles. The molecule has 0 aliphatic rings. The van der Waals surface area contributed by atoms with Crippen LogP contribution in [0.25, 0.3) is 0 Å². The zero-order chi connectivity index (χ0) is 12.0. The van der Waals surface area contributed by atoms with E-state index in [0.717, 1.165) is 19.4 Å². The minimum atomic E-state index is -0.0369. The summed E-state index contributed by atoms with van der Waals surface area (Å²) in [6, 6.07) is 8.53. The largest absolute Gasteiger partial charge is 0.341 e. The summed E-state index contributed by atoms with van der Waals surface area (Å²) < 4.78 is 0. The number of amides is 2. The van der Waals surface area contributed by atoms with E-state index in [0.29, 0.717) is 0 Å². The molecule has 1 aromatic carbocycles. The highest BCUT2D eigenvalue weighted by molar-refractivity contribution is 5.73. The van der Waals surface area contributed by atoms with E-state index in [1.165, 1.54) is 11.1 Å². The first-order valence-corrected chi connectivity index (χ1v) is 5.68. The molecule has 3 nitrogen and oxygen atoms in total. The Morgan fingerprint density at radius 3 is 2.31 bits per heavy atom. The van der Waals surface area contributed by atoms with Crippen LogP contribution in [0.3, 0.4) is 0 Å². The molecule has 3 heteroatoms. The minimum absolute atomic E-state index is 0.0369. The molecule has 0 heterocycles. The second-order valence-corrected chi connectivity index (χ2v) is 3.90. The van der Waals surface area contributed by atoms with Crippen molar-refractivity contribution in [1.29, 1.82) is 0 Å². The third kappa shape index (κ3) is 3.57. The molecule has 16 heavy (non-hydrogen) atoms. The summed E-state index contributed by atoms with van der Waals surface area (Å²) in [5.41, 5.74) is 2.62. The highest BCUT2D eigenvalue weighted by atomic mass is 16.2. The molecule has 0 bridgehead atoms. The molecular weight excluding hydrogens is 200 g/mol. The van der Waals surface area contributed by atoms with Gasteiger partial charge in [-0.15, -0.1) is 0 Å². The van der Waals surface area contributed by atoms with Gasteiger partial charge in [-0.05, 0) is 24.0 Å². The lowest BCUT2D eigenvalue weighted by atomic mass is 10.1. The van der Waals surface area contributed by atoms with E-state index >= 15 is 0 Å². The molecule has 0 radical (unpaired) electrons. The van der Waals surface area contributed by atoms with E-state index in [1.54, 1.807) is 19.0 Å². The van der Waals surface area contributed by atoms with Gasteiger partial charge in [0.15, 0.2) is 0 Å². The molecule has 0 aromatic heterocycles. The number of hydrogen-bond acceptors (Lipinski definition) is 1. The number of nitrogens with zero attached hydrogens (tertiary/aromatic N) is 1. The Labute approximate surface area is 97.5 Å².